The summed E-state index contributed by atoms with van der Waals surface area (Å²) >= 11 is 0. The van der Waals surface area contributed by atoms with Crippen LogP contribution in [0.15, 0.2) is 60.1 Å². The highest BCUT2D eigenvalue weighted by Gasteiger charge is 2.38. The minimum absolute atomic E-state index is 0.0183. The van der Waals surface area contributed by atoms with Crippen molar-refractivity contribution in [2.75, 3.05) is 10.6 Å². The summed E-state index contributed by atoms with van der Waals surface area (Å²) in [6.45, 7) is 4.32. The Labute approximate surface area is 142 Å². The number of aromatic amines is 1. The summed E-state index contributed by atoms with van der Waals surface area (Å²) in [6, 6.07) is 12.0. The summed E-state index contributed by atoms with van der Waals surface area (Å²) in [5.74, 6) is 0.225. The van der Waals surface area contributed by atoms with Crippen molar-refractivity contribution in [3.8, 4) is 0 Å². The number of Topliss-reactive ketones (excluding diaryl/α,β-unsaturated/α-hetero) is 1. The van der Waals surface area contributed by atoms with Crippen LogP contribution in [0.4, 0.5) is 11.4 Å². The van der Waals surface area contributed by atoms with E-state index in [0.717, 1.165) is 34.6 Å². The molecule has 1 aliphatic heterocycles. The molecule has 1 aromatic heterocycles. The van der Waals surface area contributed by atoms with Crippen LogP contribution in [0.3, 0.4) is 0 Å². The van der Waals surface area contributed by atoms with E-state index in [0.29, 0.717) is 6.42 Å². The second kappa shape index (κ2) is 5.48. The third-order valence-corrected chi connectivity index (χ3v) is 4.79. The van der Waals surface area contributed by atoms with Gasteiger partial charge in [-0.2, -0.15) is 0 Å². The van der Waals surface area contributed by atoms with Gasteiger partial charge in [0.2, 0.25) is 0 Å². The molecule has 0 amide bonds. The number of rotatable bonds is 1. The highest BCUT2D eigenvalue weighted by Crippen LogP contribution is 2.45. The smallest absolute Gasteiger partial charge is 0.172 e. The van der Waals surface area contributed by atoms with Gasteiger partial charge >= 0.3 is 0 Å². The molecule has 0 saturated heterocycles. The van der Waals surface area contributed by atoms with Gasteiger partial charge in [-0.1, -0.05) is 26.0 Å². The zero-order chi connectivity index (χ0) is 16.7. The first-order valence-corrected chi connectivity index (χ1v) is 8.38. The van der Waals surface area contributed by atoms with E-state index >= 15 is 0 Å². The van der Waals surface area contributed by atoms with Crippen molar-refractivity contribution in [1.29, 1.82) is 0 Å². The predicted octanol–water partition coefficient (Wildman–Crippen LogP) is 3.72. The Kier molecular flexibility index (Phi) is 3.41. The number of nitrogens with one attached hydrogen (secondary N) is 3. The molecule has 2 aromatic rings. The lowest BCUT2D eigenvalue weighted by Gasteiger charge is -2.33. The quantitative estimate of drug-likeness (QED) is 0.842. The average Bonchev–Trinajstić information content (AvgIpc) is 2.70. The minimum atomic E-state index is -0.141. The monoisotopic (exact) mass is 320 g/mol. The molecule has 1 unspecified atom stereocenters. The molecule has 2 heterocycles. The van der Waals surface area contributed by atoms with Gasteiger partial charge in [-0.05, 0) is 30.0 Å². The number of hydrogen-bond acceptors (Lipinski definition) is 3. The van der Waals surface area contributed by atoms with Crippen LogP contribution < -0.4 is 15.6 Å². The van der Waals surface area contributed by atoms with Crippen molar-refractivity contribution in [3.05, 3.63) is 65.6 Å². The third-order valence-electron chi connectivity index (χ3n) is 4.79. The summed E-state index contributed by atoms with van der Waals surface area (Å²) in [7, 11) is 0. The number of para-hydroxylation sites is 2. The lowest BCUT2D eigenvalue weighted by molar-refractivity contribution is -0.378. The van der Waals surface area contributed by atoms with E-state index in [1.807, 2.05) is 30.6 Å². The van der Waals surface area contributed by atoms with Gasteiger partial charge in [-0.15, -0.1) is 0 Å². The summed E-state index contributed by atoms with van der Waals surface area (Å²) in [6.07, 6.45) is 5.30. The van der Waals surface area contributed by atoms with Crippen LogP contribution in [0.25, 0.3) is 0 Å². The summed E-state index contributed by atoms with van der Waals surface area (Å²) in [4.78, 5) is 16.1. The number of anilines is 2. The number of H-pyrrole nitrogens is 1. The standard InChI is InChI=1S/C20H21N3O/c1-20(2)10-16-18(17(24)11-20)19(13-6-5-9-21-12-13)23-15-8-4-3-7-14(15)22-16/h3-9,12,19,22-23H,10-11H2,1-2H3/p+1. The van der Waals surface area contributed by atoms with Crippen LogP contribution in [0.2, 0.25) is 0 Å². The van der Waals surface area contributed by atoms with Crippen LogP contribution in [-0.4, -0.2) is 5.78 Å². The molecule has 2 aliphatic rings. The Morgan fingerprint density at radius 2 is 1.88 bits per heavy atom. The van der Waals surface area contributed by atoms with E-state index in [-0.39, 0.29) is 17.2 Å². The van der Waals surface area contributed by atoms with E-state index in [9.17, 15) is 4.79 Å². The zero-order valence-corrected chi connectivity index (χ0v) is 14.0. The maximum absolute atomic E-state index is 13.0. The number of carbonyl (C=O) groups is 1. The van der Waals surface area contributed by atoms with Crippen LogP contribution >= 0.6 is 0 Å². The number of allylic oxidation sites excluding steroid dienone is 1. The number of fused-ring (bicyclic) bond motifs is 1. The van der Waals surface area contributed by atoms with Gasteiger partial charge in [0.05, 0.1) is 17.4 Å². The molecular weight excluding hydrogens is 298 g/mol. The minimum Gasteiger partial charge on any atom is -0.372 e. The Balaban J connectivity index is 1.89. The second-order valence-electron chi connectivity index (χ2n) is 7.42. The molecule has 1 aromatic carbocycles. The van der Waals surface area contributed by atoms with Crippen molar-refractivity contribution in [2.24, 2.45) is 5.41 Å². The summed E-state index contributed by atoms with van der Waals surface area (Å²) < 4.78 is 0. The van der Waals surface area contributed by atoms with Crippen molar-refractivity contribution in [2.45, 2.75) is 32.7 Å². The van der Waals surface area contributed by atoms with Crippen molar-refractivity contribution < 1.29 is 9.78 Å². The fraction of sp³-hybridized carbons (Fsp3) is 0.300. The predicted molar refractivity (Wildman–Crippen MR) is 94.5 cm³/mol. The van der Waals surface area contributed by atoms with Crippen LogP contribution in [-0.2, 0) is 4.79 Å². The zero-order valence-electron chi connectivity index (χ0n) is 14.0. The molecule has 4 heteroatoms. The third kappa shape index (κ3) is 2.58. The number of benzene rings is 1. The Bertz CT molecular complexity index is 824. The van der Waals surface area contributed by atoms with Gasteiger partial charge in [0, 0.05) is 29.3 Å². The molecule has 0 saturated carbocycles. The number of pyridine rings is 1. The van der Waals surface area contributed by atoms with Crippen molar-refractivity contribution in [1.82, 2.24) is 0 Å². The molecule has 122 valence electrons. The van der Waals surface area contributed by atoms with Crippen molar-refractivity contribution in [3.63, 3.8) is 0 Å². The maximum Gasteiger partial charge on any atom is 0.172 e. The molecule has 24 heavy (non-hydrogen) atoms. The Morgan fingerprint density at radius 3 is 2.62 bits per heavy atom. The topological polar surface area (TPSA) is 55.3 Å². The molecule has 0 radical (unpaired) electrons. The summed E-state index contributed by atoms with van der Waals surface area (Å²) in [5.41, 5.74) is 5.00. The Hall–Kier alpha value is -2.62. The maximum atomic E-state index is 13.0. The SMILES string of the molecule is CC1(C)CC(=O)C2=C(C1)Nc1ccccc1NC2c1ccc[nH+]c1. The summed E-state index contributed by atoms with van der Waals surface area (Å²) in [5, 5.41) is 7.10. The van der Waals surface area contributed by atoms with E-state index in [2.05, 4.69) is 47.7 Å². The molecular formula is C20H22N3O+. The van der Waals surface area contributed by atoms with Crippen LogP contribution in [0.1, 0.15) is 38.3 Å². The van der Waals surface area contributed by atoms with Crippen molar-refractivity contribution >= 4 is 17.2 Å². The first-order chi connectivity index (χ1) is 11.5. The van der Waals surface area contributed by atoms with E-state index in [4.69, 9.17) is 0 Å². The molecule has 0 bridgehead atoms. The van der Waals surface area contributed by atoms with Crippen LogP contribution in [0, 0.1) is 5.41 Å². The lowest BCUT2D eigenvalue weighted by Crippen LogP contribution is -2.31. The normalized spacial score (nSPS) is 21.9. The molecule has 4 rings (SSSR count). The fourth-order valence-corrected chi connectivity index (χ4v) is 3.73. The van der Waals surface area contributed by atoms with Gasteiger partial charge in [0.15, 0.2) is 18.2 Å². The largest absolute Gasteiger partial charge is 0.372 e. The number of hydrogen-bond donors (Lipinski definition) is 2. The fourth-order valence-electron chi connectivity index (χ4n) is 3.73. The first-order valence-electron chi connectivity index (χ1n) is 8.38. The number of ketones is 1. The lowest BCUT2D eigenvalue weighted by atomic mass is 9.73. The average molecular weight is 320 g/mol. The highest BCUT2D eigenvalue weighted by atomic mass is 16.1. The van der Waals surface area contributed by atoms with Gasteiger partial charge in [0.1, 0.15) is 0 Å². The first kappa shape index (κ1) is 14.9. The second-order valence-corrected chi connectivity index (χ2v) is 7.42. The van der Waals surface area contributed by atoms with Gasteiger partial charge in [0.25, 0.3) is 0 Å². The van der Waals surface area contributed by atoms with E-state index in [1.165, 1.54) is 0 Å². The molecule has 4 nitrogen and oxygen atoms in total. The molecule has 0 fully saturated rings. The van der Waals surface area contributed by atoms with Gasteiger partial charge in [-0.25, -0.2) is 4.98 Å². The number of carbonyl (C=O) groups excluding carboxylic acids is 1. The molecule has 3 N–H and O–H groups in total. The molecule has 1 aliphatic carbocycles. The molecule has 0 spiro atoms. The van der Waals surface area contributed by atoms with E-state index < -0.39 is 0 Å². The molecule has 1 atom stereocenters. The highest BCUT2D eigenvalue weighted by molar-refractivity contribution is 6.01. The van der Waals surface area contributed by atoms with Gasteiger partial charge in [-0.3, -0.25) is 4.79 Å². The number of aromatic nitrogens is 1. The Morgan fingerprint density at radius 1 is 1.08 bits per heavy atom. The van der Waals surface area contributed by atoms with Crippen LogP contribution in [0.5, 0.6) is 0 Å². The van der Waals surface area contributed by atoms with Gasteiger partial charge < -0.3 is 10.6 Å². The van der Waals surface area contributed by atoms with E-state index in [1.54, 1.807) is 0 Å².